The Hall–Kier alpha value is -4.54. The van der Waals surface area contributed by atoms with Gasteiger partial charge >= 0.3 is 6.09 Å². The summed E-state index contributed by atoms with van der Waals surface area (Å²) in [6.07, 6.45) is 7.55. The van der Waals surface area contributed by atoms with Crippen molar-refractivity contribution in [2.45, 2.75) is 101 Å². The second-order valence-corrected chi connectivity index (χ2v) is 16.2. The van der Waals surface area contributed by atoms with Gasteiger partial charge < -0.3 is 25.0 Å². The molecular weight excluding hydrogens is 680 g/mol. The zero-order valence-electron chi connectivity index (χ0n) is 29.1. The Kier molecular flexibility index (Phi) is 10.6. The summed E-state index contributed by atoms with van der Waals surface area (Å²) in [5.74, 6) is -1.22. The van der Waals surface area contributed by atoms with Crippen molar-refractivity contribution in [1.29, 1.82) is 0 Å². The van der Waals surface area contributed by atoms with Crippen LogP contribution in [-0.4, -0.2) is 100 Å². The van der Waals surface area contributed by atoms with Gasteiger partial charge in [0.2, 0.25) is 27.7 Å². The number of sulfonamides is 1. The van der Waals surface area contributed by atoms with Crippen LogP contribution in [0, 0.1) is 11.8 Å². The normalized spacial score (nSPS) is 27.6. The molecule has 16 nitrogen and oxygen atoms in total. The second kappa shape index (κ2) is 15.0. The van der Waals surface area contributed by atoms with Crippen LogP contribution in [0.3, 0.4) is 0 Å². The van der Waals surface area contributed by atoms with Gasteiger partial charge in [-0.2, -0.15) is 4.80 Å². The fourth-order valence-corrected chi connectivity index (χ4v) is 7.97. The monoisotopic (exact) mass is 726 g/mol. The van der Waals surface area contributed by atoms with Crippen molar-refractivity contribution in [2.75, 3.05) is 20.3 Å². The van der Waals surface area contributed by atoms with Gasteiger partial charge in [-0.3, -0.25) is 19.1 Å². The Morgan fingerprint density at radius 3 is 2.57 bits per heavy atom. The van der Waals surface area contributed by atoms with Gasteiger partial charge in [0, 0.05) is 24.4 Å². The summed E-state index contributed by atoms with van der Waals surface area (Å²) in [5, 5.41) is 18.0. The number of methoxy groups -OCH3 is 1. The Balaban J connectivity index is 1.29. The molecule has 4 amide bonds. The van der Waals surface area contributed by atoms with Crippen molar-refractivity contribution in [3.05, 3.63) is 36.4 Å². The molecule has 2 aliphatic carbocycles. The van der Waals surface area contributed by atoms with Gasteiger partial charge in [-0.15, -0.1) is 10.2 Å². The molecule has 2 aromatic rings. The lowest BCUT2D eigenvalue weighted by molar-refractivity contribution is -0.141. The van der Waals surface area contributed by atoms with Gasteiger partial charge in [0.1, 0.15) is 23.4 Å². The van der Waals surface area contributed by atoms with Gasteiger partial charge in [0.05, 0.1) is 25.0 Å². The first-order chi connectivity index (χ1) is 24.4. The molecule has 3 fully saturated rings. The van der Waals surface area contributed by atoms with Gasteiger partial charge in [0.15, 0.2) is 0 Å². The van der Waals surface area contributed by atoms with E-state index >= 15 is 0 Å². The van der Waals surface area contributed by atoms with Crippen molar-refractivity contribution in [2.24, 2.45) is 11.8 Å². The molecule has 6 rings (SSSR count). The first kappa shape index (κ1) is 36.3. The Morgan fingerprint density at radius 1 is 1.10 bits per heavy atom. The highest BCUT2D eigenvalue weighted by atomic mass is 32.2. The molecule has 1 aromatic heterocycles. The van der Waals surface area contributed by atoms with E-state index in [-0.39, 0.29) is 31.9 Å². The zero-order valence-corrected chi connectivity index (χ0v) is 29.9. The van der Waals surface area contributed by atoms with E-state index in [1.807, 2.05) is 26.0 Å². The number of aromatic nitrogens is 4. The summed E-state index contributed by atoms with van der Waals surface area (Å²) >= 11 is 0. The molecule has 2 aliphatic heterocycles. The summed E-state index contributed by atoms with van der Waals surface area (Å²) in [6.45, 7) is 4.00. The number of rotatable bonds is 9. The maximum Gasteiger partial charge on any atom is 0.407 e. The van der Waals surface area contributed by atoms with Crippen LogP contribution in [0.1, 0.15) is 77.7 Å². The number of alkyl carbamates (subject to hydrolysis) is 1. The number of fused-ring (bicyclic) bond motifs is 2. The number of tetrazole rings is 1. The van der Waals surface area contributed by atoms with Crippen molar-refractivity contribution in [1.82, 2.24) is 40.5 Å². The molecule has 3 N–H and O–H groups in total. The van der Waals surface area contributed by atoms with Gasteiger partial charge in [-0.25, -0.2) is 13.2 Å². The van der Waals surface area contributed by atoms with Gasteiger partial charge in [0.25, 0.3) is 5.91 Å². The quantitative estimate of drug-likeness (QED) is 0.320. The first-order valence-electron chi connectivity index (χ1n) is 17.6. The molecule has 3 heterocycles. The number of benzene rings is 1. The smallest absolute Gasteiger partial charge is 0.407 e. The molecule has 0 unspecified atom stereocenters. The molecule has 0 spiro atoms. The molecule has 1 aromatic carbocycles. The third kappa shape index (κ3) is 8.34. The predicted molar refractivity (Wildman–Crippen MR) is 183 cm³/mol. The number of hydrogen-bond acceptors (Lipinski definition) is 11. The number of allylic oxidation sites excluding steroid dienone is 1. The van der Waals surface area contributed by atoms with Gasteiger partial charge in [-0.1, -0.05) is 38.8 Å². The summed E-state index contributed by atoms with van der Waals surface area (Å²) < 4.78 is 38.3. The van der Waals surface area contributed by atoms with Gasteiger partial charge in [-0.05, 0) is 73.9 Å². The van der Waals surface area contributed by atoms with Crippen LogP contribution < -0.4 is 20.1 Å². The molecular formula is C34H46N8O8S. The molecule has 0 radical (unpaired) electrons. The minimum Gasteiger partial charge on any atom is -0.497 e. The molecule has 2 saturated carbocycles. The van der Waals surface area contributed by atoms with Crippen LogP contribution >= 0.6 is 0 Å². The number of carbonyl (C=O) groups excluding carboxylic acids is 4. The standard InChI is InChI=1S/C34H46N8O8S/c1-21(2)20-50-33(46)35-27-10-8-6-4-5-7-9-23-18-34(23,32(45)39-51(47,48)26-15-16-26)36-30(43)28-17-24(19-41(28)31(27)44)42-38-29(37-40-42)22-11-13-25(49-3)14-12-22/h7,9,11-14,21,23-24,26-28H,4-6,8,10,15-20H2,1-3H3,(H,35,46)(H,36,43)(H,39,45)/b9-7-/t23-,24-,27-,28+,34+/m1/s1. The van der Waals surface area contributed by atoms with Crippen molar-refractivity contribution in [3.63, 3.8) is 0 Å². The Labute approximate surface area is 297 Å². The molecule has 5 atom stereocenters. The molecule has 276 valence electrons. The van der Waals surface area contributed by atoms with E-state index < -0.39 is 68.7 Å². The maximum absolute atomic E-state index is 14.4. The zero-order chi connectivity index (χ0) is 36.3. The van der Waals surface area contributed by atoms with E-state index in [9.17, 15) is 27.6 Å². The fraction of sp³-hybridized carbons (Fsp3) is 0.618. The largest absolute Gasteiger partial charge is 0.497 e. The third-order valence-corrected chi connectivity index (χ3v) is 11.6. The average molecular weight is 727 g/mol. The molecule has 0 bridgehead atoms. The Morgan fingerprint density at radius 2 is 1.86 bits per heavy atom. The van der Waals surface area contributed by atoms with E-state index in [4.69, 9.17) is 9.47 Å². The second-order valence-electron chi connectivity index (χ2n) is 14.3. The minimum atomic E-state index is -3.88. The van der Waals surface area contributed by atoms with E-state index in [1.165, 1.54) is 9.70 Å². The first-order valence-corrected chi connectivity index (χ1v) is 19.2. The van der Waals surface area contributed by atoms with E-state index in [0.29, 0.717) is 49.2 Å². The number of nitrogens with zero attached hydrogens (tertiary/aromatic N) is 5. The SMILES string of the molecule is COc1ccc(-c2nnn([C@@H]3C[C@H]4C(=O)N[C@@]5(C(=O)NS(=O)(=O)C6CC6)C[C@H]5/C=C\CCCCC[C@@H](NC(=O)OCC(C)C)C(=O)N4C3)n2)cc1. The molecule has 51 heavy (non-hydrogen) atoms. The van der Waals surface area contributed by atoms with Crippen molar-refractivity contribution < 1.29 is 37.1 Å². The summed E-state index contributed by atoms with van der Waals surface area (Å²) in [4.78, 5) is 57.8. The topological polar surface area (TPSA) is 204 Å². The highest BCUT2D eigenvalue weighted by molar-refractivity contribution is 7.91. The van der Waals surface area contributed by atoms with Crippen LogP contribution in [0.2, 0.25) is 0 Å². The van der Waals surface area contributed by atoms with E-state index in [0.717, 1.165) is 12.8 Å². The number of ether oxygens (including phenoxy) is 2. The lowest BCUT2D eigenvalue weighted by atomic mass is 10.0. The molecule has 4 aliphatic rings. The third-order valence-electron chi connectivity index (χ3n) is 9.80. The van der Waals surface area contributed by atoms with Crippen LogP contribution in [0.25, 0.3) is 11.4 Å². The molecule has 17 heteroatoms. The maximum atomic E-state index is 14.4. The number of nitrogens with one attached hydrogen (secondary N) is 3. The van der Waals surface area contributed by atoms with Crippen LogP contribution in [0.4, 0.5) is 4.79 Å². The minimum absolute atomic E-state index is 0.0210. The summed E-state index contributed by atoms with van der Waals surface area (Å²) in [6, 6.07) is 4.48. The highest BCUT2D eigenvalue weighted by Crippen LogP contribution is 2.46. The van der Waals surface area contributed by atoms with E-state index in [1.54, 1.807) is 31.4 Å². The van der Waals surface area contributed by atoms with Crippen LogP contribution in [0.15, 0.2) is 36.4 Å². The number of hydrogen-bond donors (Lipinski definition) is 3. The number of amides is 4. The fourth-order valence-electron chi connectivity index (χ4n) is 6.61. The summed E-state index contributed by atoms with van der Waals surface area (Å²) in [5.41, 5.74) is -0.803. The number of carbonyl (C=O) groups is 4. The van der Waals surface area contributed by atoms with Crippen molar-refractivity contribution >= 4 is 33.8 Å². The summed E-state index contributed by atoms with van der Waals surface area (Å²) in [7, 11) is -2.31. The molecule has 1 saturated heterocycles. The average Bonchev–Trinajstić information content (AvgIpc) is 3.97. The predicted octanol–water partition coefficient (Wildman–Crippen LogP) is 2.25. The highest BCUT2D eigenvalue weighted by Gasteiger charge is 2.62. The Bertz CT molecular complexity index is 1760. The van der Waals surface area contributed by atoms with Crippen LogP contribution in [-0.2, 0) is 29.1 Å². The van der Waals surface area contributed by atoms with Crippen molar-refractivity contribution in [3.8, 4) is 17.1 Å². The van der Waals surface area contributed by atoms with Crippen LogP contribution in [0.5, 0.6) is 5.75 Å². The lowest BCUT2D eigenvalue weighted by Gasteiger charge is -2.30. The lowest BCUT2D eigenvalue weighted by Crippen LogP contribution is -2.58. The van der Waals surface area contributed by atoms with E-state index in [2.05, 4.69) is 30.8 Å².